The molecule has 0 heterocycles. The average molecular weight is 323 g/mol. The molecular weight excluding hydrogens is 307 g/mol. The van der Waals surface area contributed by atoms with Crippen molar-refractivity contribution in [1.82, 2.24) is 5.32 Å². The molecule has 2 rings (SSSR count). The minimum atomic E-state index is -0.118. The molecule has 21 heavy (non-hydrogen) atoms. The maximum atomic E-state index is 11.9. The zero-order valence-corrected chi connectivity index (χ0v) is 13.1. The van der Waals surface area contributed by atoms with E-state index in [0.717, 1.165) is 16.8 Å². The summed E-state index contributed by atoms with van der Waals surface area (Å²) in [5.74, 6) is -0.118. The summed E-state index contributed by atoms with van der Waals surface area (Å²) in [6.45, 7) is 2.67. The van der Waals surface area contributed by atoms with Gasteiger partial charge in [-0.2, -0.15) is 0 Å². The maximum absolute atomic E-state index is 11.9. The van der Waals surface area contributed by atoms with Crippen molar-refractivity contribution in [3.63, 3.8) is 0 Å². The predicted molar refractivity (Wildman–Crippen MR) is 88.0 cm³/mol. The molecule has 3 nitrogen and oxygen atoms in total. The Kier molecular flexibility index (Phi) is 5.62. The second-order valence-corrected chi connectivity index (χ2v) is 5.55. The lowest BCUT2D eigenvalue weighted by Crippen LogP contribution is -2.28. The Labute approximate surface area is 134 Å². The van der Waals surface area contributed by atoms with Gasteiger partial charge in [0.1, 0.15) is 0 Å². The van der Waals surface area contributed by atoms with Gasteiger partial charge in [0.2, 0.25) is 5.91 Å². The van der Waals surface area contributed by atoms with Crippen molar-refractivity contribution in [2.45, 2.75) is 13.5 Å². The van der Waals surface area contributed by atoms with Gasteiger partial charge in [-0.3, -0.25) is 4.79 Å². The second kappa shape index (κ2) is 7.46. The summed E-state index contributed by atoms with van der Waals surface area (Å²) in [7, 11) is 0. The molecule has 1 amide bonds. The van der Waals surface area contributed by atoms with Crippen LogP contribution in [0.2, 0.25) is 10.0 Å². The highest BCUT2D eigenvalue weighted by Gasteiger charge is 2.06. The first-order valence-corrected chi connectivity index (χ1v) is 7.32. The van der Waals surface area contributed by atoms with E-state index in [1.165, 1.54) is 0 Å². The van der Waals surface area contributed by atoms with Crippen molar-refractivity contribution in [2.24, 2.45) is 0 Å². The zero-order valence-electron chi connectivity index (χ0n) is 11.6. The Morgan fingerprint density at radius 3 is 2.67 bits per heavy atom. The molecule has 0 spiro atoms. The molecule has 2 aromatic carbocycles. The first-order chi connectivity index (χ1) is 10.1. The van der Waals surface area contributed by atoms with Crippen LogP contribution in [-0.4, -0.2) is 12.5 Å². The van der Waals surface area contributed by atoms with Crippen molar-refractivity contribution >= 4 is 34.8 Å². The Balaban J connectivity index is 1.85. The summed E-state index contributed by atoms with van der Waals surface area (Å²) in [4.78, 5) is 11.9. The van der Waals surface area contributed by atoms with Crippen LogP contribution in [0.15, 0.2) is 42.5 Å². The van der Waals surface area contributed by atoms with Gasteiger partial charge in [-0.05, 0) is 36.2 Å². The standard InChI is InChI=1S/C16H16Cl2N2O/c1-11-6-7-13(17)8-15(11)20-16(21)10-19-9-12-4-2-3-5-14(12)18/h2-8,19H,9-10H2,1H3,(H,20,21). The van der Waals surface area contributed by atoms with Crippen LogP contribution < -0.4 is 10.6 Å². The maximum Gasteiger partial charge on any atom is 0.238 e. The highest BCUT2D eigenvalue weighted by Crippen LogP contribution is 2.20. The fraction of sp³-hybridized carbons (Fsp3) is 0.188. The fourth-order valence-corrected chi connectivity index (χ4v) is 2.25. The minimum Gasteiger partial charge on any atom is -0.325 e. The predicted octanol–water partition coefficient (Wildman–Crippen LogP) is 4.03. The number of carbonyl (C=O) groups excluding carboxylic acids is 1. The lowest BCUT2D eigenvalue weighted by Gasteiger charge is -2.10. The zero-order chi connectivity index (χ0) is 15.2. The molecule has 0 aromatic heterocycles. The van der Waals surface area contributed by atoms with Gasteiger partial charge in [0.15, 0.2) is 0 Å². The molecule has 0 saturated carbocycles. The Morgan fingerprint density at radius 1 is 1.14 bits per heavy atom. The normalized spacial score (nSPS) is 10.4. The van der Waals surface area contributed by atoms with Gasteiger partial charge in [-0.15, -0.1) is 0 Å². The Hall–Kier alpha value is -1.55. The van der Waals surface area contributed by atoms with E-state index in [4.69, 9.17) is 23.2 Å². The quantitative estimate of drug-likeness (QED) is 0.872. The number of carbonyl (C=O) groups is 1. The highest BCUT2D eigenvalue weighted by molar-refractivity contribution is 6.31. The van der Waals surface area contributed by atoms with Crippen LogP contribution in [0.4, 0.5) is 5.69 Å². The lowest BCUT2D eigenvalue weighted by atomic mass is 10.2. The molecule has 0 aliphatic rings. The summed E-state index contributed by atoms with van der Waals surface area (Å²) in [6.07, 6.45) is 0. The van der Waals surface area contributed by atoms with Crippen LogP contribution >= 0.6 is 23.2 Å². The molecule has 5 heteroatoms. The molecule has 2 aromatic rings. The fourth-order valence-electron chi connectivity index (χ4n) is 1.88. The van der Waals surface area contributed by atoms with Crippen LogP contribution in [0.3, 0.4) is 0 Å². The van der Waals surface area contributed by atoms with E-state index in [9.17, 15) is 4.79 Å². The van der Waals surface area contributed by atoms with Crippen LogP contribution in [-0.2, 0) is 11.3 Å². The van der Waals surface area contributed by atoms with E-state index in [1.54, 1.807) is 12.1 Å². The number of halogens is 2. The summed E-state index contributed by atoms with van der Waals surface area (Å²) < 4.78 is 0. The van der Waals surface area contributed by atoms with Crippen LogP contribution in [0.25, 0.3) is 0 Å². The lowest BCUT2D eigenvalue weighted by molar-refractivity contribution is -0.115. The number of hydrogen-bond acceptors (Lipinski definition) is 2. The van der Waals surface area contributed by atoms with Gasteiger partial charge < -0.3 is 10.6 Å². The van der Waals surface area contributed by atoms with Crippen molar-refractivity contribution in [3.8, 4) is 0 Å². The number of amides is 1. The van der Waals surface area contributed by atoms with Gasteiger partial charge >= 0.3 is 0 Å². The molecule has 0 radical (unpaired) electrons. The van der Waals surface area contributed by atoms with E-state index in [0.29, 0.717) is 16.6 Å². The number of benzene rings is 2. The second-order valence-electron chi connectivity index (χ2n) is 4.70. The van der Waals surface area contributed by atoms with Gasteiger partial charge in [-0.25, -0.2) is 0 Å². The first-order valence-electron chi connectivity index (χ1n) is 6.56. The molecule has 0 aliphatic heterocycles. The SMILES string of the molecule is Cc1ccc(Cl)cc1NC(=O)CNCc1ccccc1Cl. The van der Waals surface area contributed by atoms with Crippen LogP contribution in [0.5, 0.6) is 0 Å². The van der Waals surface area contributed by atoms with E-state index in [-0.39, 0.29) is 12.5 Å². The summed E-state index contributed by atoms with van der Waals surface area (Å²) in [5, 5.41) is 7.19. The topological polar surface area (TPSA) is 41.1 Å². The number of nitrogens with one attached hydrogen (secondary N) is 2. The number of rotatable bonds is 5. The molecule has 2 N–H and O–H groups in total. The van der Waals surface area contributed by atoms with Gasteiger partial charge in [0, 0.05) is 22.3 Å². The van der Waals surface area contributed by atoms with Gasteiger partial charge in [0.25, 0.3) is 0 Å². The molecular formula is C16H16Cl2N2O. The number of anilines is 1. The third-order valence-corrected chi connectivity index (χ3v) is 3.64. The Morgan fingerprint density at radius 2 is 1.90 bits per heavy atom. The summed E-state index contributed by atoms with van der Waals surface area (Å²) in [5.41, 5.74) is 2.66. The summed E-state index contributed by atoms with van der Waals surface area (Å²) >= 11 is 12.0. The molecule has 110 valence electrons. The smallest absolute Gasteiger partial charge is 0.238 e. The third kappa shape index (κ3) is 4.74. The van der Waals surface area contributed by atoms with Crippen molar-refractivity contribution in [1.29, 1.82) is 0 Å². The van der Waals surface area contributed by atoms with E-state index in [2.05, 4.69) is 10.6 Å². The molecule has 0 aliphatic carbocycles. The van der Waals surface area contributed by atoms with Crippen molar-refractivity contribution in [3.05, 3.63) is 63.6 Å². The van der Waals surface area contributed by atoms with E-state index in [1.807, 2.05) is 37.3 Å². The van der Waals surface area contributed by atoms with Gasteiger partial charge in [0.05, 0.1) is 6.54 Å². The first kappa shape index (κ1) is 15.8. The summed E-state index contributed by atoms with van der Waals surface area (Å²) in [6, 6.07) is 12.9. The van der Waals surface area contributed by atoms with Crippen LogP contribution in [0.1, 0.15) is 11.1 Å². The molecule has 0 atom stereocenters. The van der Waals surface area contributed by atoms with Gasteiger partial charge in [-0.1, -0.05) is 47.5 Å². The third-order valence-electron chi connectivity index (χ3n) is 3.03. The molecule has 0 fully saturated rings. The highest BCUT2D eigenvalue weighted by atomic mass is 35.5. The molecule has 0 bridgehead atoms. The van der Waals surface area contributed by atoms with E-state index < -0.39 is 0 Å². The largest absolute Gasteiger partial charge is 0.325 e. The number of hydrogen-bond donors (Lipinski definition) is 2. The molecule has 0 saturated heterocycles. The van der Waals surface area contributed by atoms with Crippen molar-refractivity contribution < 1.29 is 4.79 Å². The average Bonchev–Trinajstić information content (AvgIpc) is 2.45. The minimum absolute atomic E-state index is 0.118. The van der Waals surface area contributed by atoms with Crippen molar-refractivity contribution in [2.75, 3.05) is 11.9 Å². The number of aryl methyl sites for hydroxylation is 1. The van der Waals surface area contributed by atoms with E-state index >= 15 is 0 Å². The Bertz CT molecular complexity index is 644. The molecule has 0 unspecified atom stereocenters. The monoisotopic (exact) mass is 322 g/mol. The van der Waals surface area contributed by atoms with Crippen LogP contribution in [0, 0.1) is 6.92 Å².